The largest absolute Gasteiger partial charge is 4.00 e. The average Bonchev–Trinajstić information content (AvgIpc) is 3.08. The van der Waals surface area contributed by atoms with E-state index >= 15 is 0 Å². The van der Waals surface area contributed by atoms with Crippen LogP contribution < -0.4 is 9.41 Å². The second-order valence-corrected chi connectivity index (χ2v) is 4.31. The first-order chi connectivity index (χ1) is 8.93. The predicted molar refractivity (Wildman–Crippen MR) is 79.1 cm³/mol. The first-order valence-corrected chi connectivity index (χ1v) is 6.14. The van der Waals surface area contributed by atoms with Gasteiger partial charge in [-0.15, -0.1) is 59.3 Å². The summed E-state index contributed by atoms with van der Waals surface area (Å²) in [6.45, 7) is 0. The van der Waals surface area contributed by atoms with Gasteiger partial charge < -0.3 is 9.41 Å². The van der Waals surface area contributed by atoms with Crippen molar-refractivity contribution in [3.05, 3.63) is 84.9 Å². The van der Waals surface area contributed by atoms with E-state index in [2.05, 4.69) is 84.9 Å². The Hall–Kier alpha value is -1.60. The first-order valence-electron chi connectivity index (χ1n) is 6.14. The minimum atomic E-state index is 0. The molecule has 4 rings (SSSR count). The molecule has 0 saturated heterocycles. The van der Waals surface area contributed by atoms with Crippen LogP contribution in [0.4, 0.5) is 0 Å². The van der Waals surface area contributed by atoms with Gasteiger partial charge >= 0.3 is 26.2 Å². The fraction of sp³-hybridized carbons (Fsp3) is 0. The molecule has 4 aromatic carbocycles. The second-order valence-electron chi connectivity index (χ2n) is 4.31. The van der Waals surface area contributed by atoms with Gasteiger partial charge in [0.1, 0.15) is 0 Å². The maximum atomic E-state index is 2.12. The van der Waals surface area contributed by atoms with Gasteiger partial charge in [-0.05, 0) is 0 Å². The van der Waals surface area contributed by atoms with Gasteiger partial charge in [-0.1, -0.05) is 12.1 Å². The molecule has 0 aliphatic heterocycles. The molecular weight excluding hydrogens is 345 g/mol. The summed E-state index contributed by atoms with van der Waals surface area (Å²) in [4.78, 5) is 0. The summed E-state index contributed by atoms with van der Waals surface area (Å²) in [5.74, 6) is 0. The zero-order valence-corrected chi connectivity index (χ0v) is 13.8. The van der Waals surface area contributed by atoms with Crippen LogP contribution in [-0.4, -0.2) is 0 Å². The van der Waals surface area contributed by atoms with Crippen LogP contribution in [0.3, 0.4) is 0 Å². The fourth-order valence-corrected chi connectivity index (χ4v) is 2.14. The number of halogens is 2. The molecule has 104 valence electrons. The van der Waals surface area contributed by atoms with Gasteiger partial charge in [0.05, 0.1) is 0 Å². The van der Waals surface area contributed by atoms with E-state index in [4.69, 9.17) is 0 Å². The summed E-state index contributed by atoms with van der Waals surface area (Å²) in [7, 11) is 0. The summed E-state index contributed by atoms with van der Waals surface area (Å²) in [6.07, 6.45) is 0. The summed E-state index contributed by atoms with van der Waals surface area (Å²) in [6, 6.07) is 29.3. The minimum absolute atomic E-state index is 0. The van der Waals surface area contributed by atoms with Crippen LogP contribution in [0.15, 0.2) is 84.9 Å². The van der Waals surface area contributed by atoms with E-state index in [0.29, 0.717) is 0 Å². The Morgan fingerprint density at radius 2 is 0.905 bits per heavy atom. The third-order valence-electron chi connectivity index (χ3n) is 3.10. The SMILES string of the molecule is [F-].[F-].[Zr+4].c1ccc2[cH-]ccc2c1.c1ccc2[cH-]ccc2c1. The van der Waals surface area contributed by atoms with E-state index in [1.54, 1.807) is 0 Å². The van der Waals surface area contributed by atoms with Crippen molar-refractivity contribution in [3.63, 3.8) is 0 Å². The molecule has 4 aromatic rings. The number of rotatable bonds is 0. The molecule has 0 unspecified atom stereocenters. The topological polar surface area (TPSA) is 0 Å². The van der Waals surface area contributed by atoms with Crippen LogP contribution in [0.1, 0.15) is 0 Å². The van der Waals surface area contributed by atoms with Crippen molar-refractivity contribution in [2.24, 2.45) is 0 Å². The maximum Gasteiger partial charge on any atom is 4.00 e. The molecule has 0 aliphatic carbocycles. The molecule has 0 spiro atoms. The van der Waals surface area contributed by atoms with Crippen LogP contribution in [-0.2, 0) is 26.2 Å². The third kappa shape index (κ3) is 4.72. The van der Waals surface area contributed by atoms with Crippen LogP contribution in [0, 0.1) is 0 Å². The van der Waals surface area contributed by atoms with Gasteiger partial charge in [0.25, 0.3) is 0 Å². The van der Waals surface area contributed by atoms with Crippen LogP contribution in [0.2, 0.25) is 0 Å². The normalized spacial score (nSPS) is 8.76. The second kappa shape index (κ2) is 9.36. The summed E-state index contributed by atoms with van der Waals surface area (Å²) >= 11 is 0. The van der Waals surface area contributed by atoms with Gasteiger partial charge in [-0.2, -0.15) is 35.0 Å². The smallest absolute Gasteiger partial charge is 1.00 e. The van der Waals surface area contributed by atoms with Crippen molar-refractivity contribution in [2.45, 2.75) is 0 Å². The molecule has 3 heteroatoms. The first kappa shape index (κ1) is 19.4. The van der Waals surface area contributed by atoms with Gasteiger partial charge in [0.2, 0.25) is 0 Å². The third-order valence-corrected chi connectivity index (χ3v) is 3.10. The van der Waals surface area contributed by atoms with E-state index in [1.807, 2.05) is 0 Å². The van der Waals surface area contributed by atoms with Gasteiger partial charge in [0, 0.05) is 0 Å². The zero-order chi connectivity index (χ0) is 12.2. The Labute approximate surface area is 142 Å². The van der Waals surface area contributed by atoms with Crippen molar-refractivity contribution in [2.75, 3.05) is 0 Å². The molecular formula is C18H14F2Zr. The number of benzene rings is 2. The molecule has 0 amide bonds. The number of hydrogen-bond acceptors (Lipinski definition) is 0. The van der Waals surface area contributed by atoms with Gasteiger partial charge in [-0.25, -0.2) is 0 Å². The van der Waals surface area contributed by atoms with Crippen LogP contribution >= 0.6 is 0 Å². The monoisotopic (exact) mass is 358 g/mol. The van der Waals surface area contributed by atoms with E-state index < -0.39 is 0 Å². The molecule has 0 heterocycles. The Bertz CT molecular complexity index is 629. The molecule has 0 saturated carbocycles. The van der Waals surface area contributed by atoms with E-state index in [9.17, 15) is 0 Å². The van der Waals surface area contributed by atoms with Crippen LogP contribution in [0.25, 0.3) is 21.5 Å². The van der Waals surface area contributed by atoms with Crippen LogP contribution in [0.5, 0.6) is 0 Å². The molecule has 0 fully saturated rings. The molecule has 0 aliphatic rings. The predicted octanol–water partition coefficient (Wildman–Crippen LogP) is -0.877. The maximum absolute atomic E-state index is 2.12. The Balaban J connectivity index is 0.000000333. The Morgan fingerprint density at radius 1 is 0.524 bits per heavy atom. The van der Waals surface area contributed by atoms with Crippen molar-refractivity contribution in [1.82, 2.24) is 0 Å². The standard InChI is InChI=1S/2C9H7.2FH.Zr/c2*1-2-5-9-7-3-6-8(9)4-1;;;/h2*1-7H;2*1H;/q2*-1;;;+4/p-2. The van der Waals surface area contributed by atoms with E-state index in [1.165, 1.54) is 21.5 Å². The number of fused-ring (bicyclic) bond motifs is 2. The summed E-state index contributed by atoms with van der Waals surface area (Å²) in [5, 5.41) is 5.32. The zero-order valence-electron chi connectivity index (χ0n) is 11.3. The molecule has 0 nitrogen and oxygen atoms in total. The number of hydrogen-bond donors (Lipinski definition) is 0. The summed E-state index contributed by atoms with van der Waals surface area (Å²) < 4.78 is 0. The quantitative estimate of drug-likeness (QED) is 0.358. The average molecular weight is 360 g/mol. The Morgan fingerprint density at radius 3 is 1.29 bits per heavy atom. The molecule has 0 bridgehead atoms. The van der Waals surface area contributed by atoms with Crippen molar-refractivity contribution >= 4 is 21.5 Å². The van der Waals surface area contributed by atoms with Gasteiger partial charge in [-0.3, -0.25) is 0 Å². The summed E-state index contributed by atoms with van der Waals surface area (Å²) in [5.41, 5.74) is 0. The van der Waals surface area contributed by atoms with E-state index in [-0.39, 0.29) is 35.6 Å². The minimum Gasteiger partial charge on any atom is -1.00 e. The molecule has 0 N–H and O–H groups in total. The van der Waals surface area contributed by atoms with E-state index in [0.717, 1.165) is 0 Å². The van der Waals surface area contributed by atoms with Crippen molar-refractivity contribution in [3.8, 4) is 0 Å². The molecule has 21 heavy (non-hydrogen) atoms. The van der Waals surface area contributed by atoms with Gasteiger partial charge in [0.15, 0.2) is 0 Å². The molecule has 0 atom stereocenters. The molecule has 0 aromatic heterocycles. The van der Waals surface area contributed by atoms with Crippen molar-refractivity contribution in [1.29, 1.82) is 0 Å². The van der Waals surface area contributed by atoms with Crippen molar-refractivity contribution < 1.29 is 35.6 Å². The molecule has 0 radical (unpaired) electrons. The fourth-order valence-electron chi connectivity index (χ4n) is 2.14. The Kier molecular flexibility index (Phi) is 8.65.